The van der Waals surface area contributed by atoms with Gasteiger partial charge in [0.1, 0.15) is 0 Å². The van der Waals surface area contributed by atoms with E-state index in [4.69, 9.17) is 0 Å². The zero-order valence-corrected chi connectivity index (χ0v) is 6.66. The molecule has 2 nitrogen and oxygen atoms in total. The van der Waals surface area contributed by atoms with Crippen LogP contribution in [-0.4, -0.2) is 63.9 Å². The minimum absolute atomic E-state index is 0. The van der Waals surface area contributed by atoms with Gasteiger partial charge in [0.05, 0.1) is 0 Å². The van der Waals surface area contributed by atoms with E-state index in [0.717, 1.165) is 0 Å². The van der Waals surface area contributed by atoms with Crippen molar-refractivity contribution in [1.29, 1.82) is 0 Å². The standard InChI is InChI=1S/C5H10.Al.Ca.2H2O.3H/c1-3-5-4-2;;;;;;;/h1-5H2;;;2*1H2;;;. The third kappa shape index (κ3) is 9.71. The van der Waals surface area contributed by atoms with Crippen LogP contribution in [0.5, 0.6) is 0 Å². The summed E-state index contributed by atoms with van der Waals surface area (Å²) in [5.74, 6) is 0. The minimum atomic E-state index is 0. The van der Waals surface area contributed by atoms with Crippen molar-refractivity contribution in [2.75, 3.05) is 0 Å². The Morgan fingerprint density at radius 3 is 1.33 bits per heavy atom. The normalized spacial score (nSPS) is 15.1. The second-order valence-corrected chi connectivity index (χ2v) is 4.24. The molecule has 0 aromatic heterocycles. The summed E-state index contributed by atoms with van der Waals surface area (Å²) in [4.78, 5) is 0. The maximum atomic E-state index is 1.64. The zero-order chi connectivity index (χ0) is 4.24. The van der Waals surface area contributed by atoms with E-state index in [1.54, 1.807) is 23.4 Å². The van der Waals surface area contributed by atoms with Crippen molar-refractivity contribution >= 4 is 53.0 Å². The number of rotatable bonds is 0. The summed E-state index contributed by atoms with van der Waals surface area (Å²) in [6.07, 6.45) is 4.66. The summed E-state index contributed by atoms with van der Waals surface area (Å²) in [5, 5.41) is 3.28. The van der Waals surface area contributed by atoms with Gasteiger partial charge in [0, 0.05) is 0 Å². The molecule has 0 aromatic carbocycles. The first-order valence-corrected chi connectivity index (χ1v) is 5.00. The average Bonchev–Trinajstić information content (AvgIpc) is 1.72. The van der Waals surface area contributed by atoms with Gasteiger partial charge in [-0.3, -0.25) is 0 Å². The van der Waals surface area contributed by atoms with E-state index >= 15 is 0 Å². The molecule has 0 aromatic rings. The molecule has 0 bridgehead atoms. The molecule has 1 aliphatic rings. The van der Waals surface area contributed by atoms with Crippen molar-refractivity contribution < 1.29 is 11.0 Å². The molecule has 54 valence electrons. The van der Waals surface area contributed by atoms with E-state index in [1.165, 1.54) is 6.42 Å². The van der Waals surface area contributed by atoms with Crippen molar-refractivity contribution in [3.8, 4) is 0 Å². The van der Waals surface area contributed by atoms with E-state index in [-0.39, 0.29) is 48.7 Å². The molecule has 0 spiro atoms. The Morgan fingerprint density at radius 2 is 1.22 bits per heavy atom. The van der Waals surface area contributed by atoms with Crippen LogP contribution in [-0.2, 0) is 0 Å². The summed E-state index contributed by atoms with van der Waals surface area (Å²) in [6, 6.07) is 0. The van der Waals surface area contributed by atoms with E-state index < -0.39 is 0 Å². The van der Waals surface area contributed by atoms with Crippen LogP contribution < -0.4 is 0 Å². The van der Waals surface area contributed by atoms with E-state index in [9.17, 15) is 0 Å². The van der Waals surface area contributed by atoms with Gasteiger partial charge in [-0.15, -0.1) is 0 Å². The molecule has 1 aliphatic heterocycles. The Kier molecular flexibility index (Phi) is 23.4. The van der Waals surface area contributed by atoms with Gasteiger partial charge in [-0.2, -0.15) is 0 Å². The van der Waals surface area contributed by atoms with Gasteiger partial charge in [-0.05, 0) is 0 Å². The van der Waals surface area contributed by atoms with Crippen LogP contribution in [0.2, 0.25) is 10.6 Å². The first-order chi connectivity index (χ1) is 3.00. The molecule has 1 fully saturated rings. The summed E-state index contributed by atoms with van der Waals surface area (Å²) >= 11 is 0.508. The number of hydrogen-bond acceptors (Lipinski definition) is 0. The first kappa shape index (κ1) is 17.0. The Morgan fingerprint density at radius 1 is 0.778 bits per heavy atom. The van der Waals surface area contributed by atoms with Gasteiger partial charge in [0.25, 0.3) is 0 Å². The topological polar surface area (TPSA) is 63.0 Å². The van der Waals surface area contributed by atoms with Crippen LogP contribution in [0.1, 0.15) is 19.3 Å². The summed E-state index contributed by atoms with van der Waals surface area (Å²) in [5.41, 5.74) is 0. The van der Waals surface area contributed by atoms with Crippen molar-refractivity contribution in [3.63, 3.8) is 0 Å². The SMILES string of the molecule is C1C[CH2][AlH][CH2]C1.O.O.[CaH2]. The number of hydrogen-bond donors (Lipinski definition) is 0. The fourth-order valence-corrected chi connectivity index (χ4v) is 2.83. The van der Waals surface area contributed by atoms with Crippen molar-refractivity contribution in [1.82, 2.24) is 0 Å². The predicted octanol–water partition coefficient (Wildman–Crippen LogP) is -1.12. The molecule has 0 aliphatic carbocycles. The molecule has 1 saturated heterocycles. The van der Waals surface area contributed by atoms with Crippen molar-refractivity contribution in [2.45, 2.75) is 29.8 Å². The zero-order valence-electron chi connectivity index (χ0n) is 5.24. The molecule has 0 amide bonds. The van der Waals surface area contributed by atoms with Gasteiger partial charge in [-0.25, -0.2) is 0 Å². The van der Waals surface area contributed by atoms with Gasteiger partial charge in [-0.1, -0.05) is 29.8 Å². The second kappa shape index (κ2) is 12.4. The van der Waals surface area contributed by atoms with Crippen molar-refractivity contribution in [3.05, 3.63) is 0 Å². The molecule has 4 N–H and O–H groups in total. The second-order valence-electron chi connectivity index (χ2n) is 2.12. The summed E-state index contributed by atoms with van der Waals surface area (Å²) < 4.78 is 0. The quantitative estimate of drug-likeness (QED) is 0.420. The summed E-state index contributed by atoms with van der Waals surface area (Å²) in [7, 11) is 0. The monoisotopic (exact) mass is 176 g/mol. The molecule has 0 unspecified atom stereocenters. The first-order valence-electron chi connectivity index (χ1n) is 3.00. The van der Waals surface area contributed by atoms with Crippen LogP contribution in [0.3, 0.4) is 0 Å². The Hall–Kier alpha value is 1.71. The van der Waals surface area contributed by atoms with Crippen LogP contribution in [0.4, 0.5) is 0 Å². The molecule has 0 atom stereocenters. The van der Waals surface area contributed by atoms with Crippen LogP contribution in [0.15, 0.2) is 0 Å². The van der Waals surface area contributed by atoms with Gasteiger partial charge < -0.3 is 11.0 Å². The van der Waals surface area contributed by atoms with Crippen LogP contribution in [0, 0.1) is 0 Å². The molecule has 1 heterocycles. The Balaban J connectivity index is -0.000000120. The molecule has 0 radical (unpaired) electrons. The Labute approximate surface area is 92.7 Å². The molecule has 4 heteroatoms. The van der Waals surface area contributed by atoms with Gasteiger partial charge >= 0.3 is 37.7 Å². The fourth-order valence-electron chi connectivity index (χ4n) is 1.06. The van der Waals surface area contributed by atoms with E-state index in [2.05, 4.69) is 0 Å². The van der Waals surface area contributed by atoms with E-state index in [1.807, 2.05) is 0 Å². The van der Waals surface area contributed by atoms with Gasteiger partial charge in [0.15, 0.2) is 0 Å². The van der Waals surface area contributed by atoms with Crippen LogP contribution in [0.25, 0.3) is 0 Å². The molecule has 9 heavy (non-hydrogen) atoms. The third-order valence-corrected chi connectivity index (χ3v) is 3.50. The molecular formula is C5H17AlCaO2. The van der Waals surface area contributed by atoms with Crippen LogP contribution >= 0.6 is 0 Å². The van der Waals surface area contributed by atoms with Gasteiger partial charge in [0.2, 0.25) is 15.2 Å². The average molecular weight is 176 g/mol. The fraction of sp³-hybridized carbons (Fsp3) is 1.00. The molecular weight excluding hydrogens is 159 g/mol. The molecule has 1 rings (SSSR count). The van der Waals surface area contributed by atoms with E-state index in [0.29, 0.717) is 15.2 Å². The molecule has 0 saturated carbocycles. The Bertz CT molecular complexity index is 30.4. The maximum absolute atomic E-state index is 1.64. The third-order valence-electron chi connectivity index (χ3n) is 1.50. The van der Waals surface area contributed by atoms with Crippen molar-refractivity contribution in [2.24, 2.45) is 0 Å². The predicted molar refractivity (Wildman–Crippen MR) is 46.4 cm³/mol. The summed E-state index contributed by atoms with van der Waals surface area (Å²) in [6.45, 7) is 0.